The van der Waals surface area contributed by atoms with Crippen molar-refractivity contribution < 1.29 is 9.90 Å². The van der Waals surface area contributed by atoms with E-state index in [0.29, 0.717) is 12.1 Å². The van der Waals surface area contributed by atoms with Crippen LogP contribution in [0.1, 0.15) is 55.3 Å². The number of hydrogen-bond acceptors (Lipinski definition) is 3. The van der Waals surface area contributed by atoms with E-state index in [1.165, 1.54) is 32.1 Å². The maximum absolute atomic E-state index is 12.6. The predicted octanol–water partition coefficient (Wildman–Crippen LogP) is 3.28. The molecule has 1 amide bonds. The third kappa shape index (κ3) is 4.47. The zero-order valence-corrected chi connectivity index (χ0v) is 13.8. The highest BCUT2D eigenvalue weighted by atomic mass is 16.3. The molecule has 1 aliphatic heterocycles. The van der Waals surface area contributed by atoms with E-state index < -0.39 is 0 Å². The van der Waals surface area contributed by atoms with Crippen LogP contribution in [0.2, 0.25) is 0 Å². The molecule has 1 saturated heterocycles. The molecule has 1 heterocycles. The first-order valence-electron chi connectivity index (χ1n) is 9.03. The van der Waals surface area contributed by atoms with E-state index in [9.17, 15) is 9.90 Å². The zero-order chi connectivity index (χ0) is 16.1. The summed E-state index contributed by atoms with van der Waals surface area (Å²) in [7, 11) is 0. The molecular formula is C19H28N2O2. The van der Waals surface area contributed by atoms with Crippen LogP contribution in [0.15, 0.2) is 24.3 Å². The van der Waals surface area contributed by atoms with Gasteiger partial charge in [0.15, 0.2) is 0 Å². The van der Waals surface area contributed by atoms with Crippen molar-refractivity contribution >= 4 is 11.6 Å². The standard InChI is InChI=1S/C19H28N2O2/c22-18-10-5-11-21(14-18)19(23)16-8-4-9-17(12-16)20-13-15-6-2-1-3-7-15/h4,8-9,12,15,18,20,22H,1-3,5-7,10-11,13-14H2. The minimum atomic E-state index is -0.375. The Morgan fingerprint density at radius 1 is 1.17 bits per heavy atom. The Bertz CT molecular complexity index is 526. The van der Waals surface area contributed by atoms with Gasteiger partial charge >= 0.3 is 0 Å². The Balaban J connectivity index is 1.58. The van der Waals surface area contributed by atoms with Gasteiger partial charge in [0.1, 0.15) is 0 Å². The van der Waals surface area contributed by atoms with Crippen LogP contribution < -0.4 is 5.32 Å². The predicted molar refractivity (Wildman–Crippen MR) is 92.7 cm³/mol. The molecule has 4 heteroatoms. The summed E-state index contributed by atoms with van der Waals surface area (Å²) in [6.07, 6.45) is 8.01. The molecule has 126 valence electrons. The number of anilines is 1. The van der Waals surface area contributed by atoms with Gasteiger partial charge in [-0.1, -0.05) is 25.3 Å². The molecular weight excluding hydrogens is 288 g/mol. The van der Waals surface area contributed by atoms with Crippen molar-refractivity contribution in [1.82, 2.24) is 4.90 Å². The number of nitrogens with one attached hydrogen (secondary N) is 1. The van der Waals surface area contributed by atoms with E-state index in [1.807, 2.05) is 24.3 Å². The van der Waals surface area contributed by atoms with Gasteiger partial charge in [-0.3, -0.25) is 4.79 Å². The Labute approximate surface area is 138 Å². The van der Waals surface area contributed by atoms with Crippen LogP contribution in [-0.2, 0) is 0 Å². The van der Waals surface area contributed by atoms with Crippen LogP contribution in [-0.4, -0.2) is 41.7 Å². The van der Waals surface area contributed by atoms with Crippen LogP contribution in [0.4, 0.5) is 5.69 Å². The number of β-amino-alcohol motifs (C(OH)–C–C–N with tert-alkyl or cyclic N) is 1. The maximum atomic E-state index is 12.6. The lowest BCUT2D eigenvalue weighted by Gasteiger charge is -2.30. The lowest BCUT2D eigenvalue weighted by atomic mass is 9.89. The summed E-state index contributed by atoms with van der Waals surface area (Å²) in [6.45, 7) is 2.20. The normalized spacial score (nSPS) is 22.8. The van der Waals surface area contributed by atoms with E-state index in [4.69, 9.17) is 0 Å². The number of likely N-dealkylation sites (tertiary alicyclic amines) is 1. The average Bonchev–Trinajstić information content (AvgIpc) is 2.60. The van der Waals surface area contributed by atoms with Gasteiger partial charge in [0.05, 0.1) is 6.10 Å². The highest BCUT2D eigenvalue weighted by molar-refractivity contribution is 5.95. The van der Waals surface area contributed by atoms with Gasteiger partial charge in [-0.2, -0.15) is 0 Å². The van der Waals surface area contributed by atoms with Crippen molar-refractivity contribution in [3.05, 3.63) is 29.8 Å². The van der Waals surface area contributed by atoms with Crippen molar-refractivity contribution in [2.24, 2.45) is 5.92 Å². The summed E-state index contributed by atoms with van der Waals surface area (Å²) in [4.78, 5) is 14.4. The number of hydrogen-bond donors (Lipinski definition) is 2. The van der Waals surface area contributed by atoms with Crippen LogP contribution in [0.3, 0.4) is 0 Å². The molecule has 3 rings (SSSR count). The minimum absolute atomic E-state index is 0.0325. The Morgan fingerprint density at radius 2 is 2.00 bits per heavy atom. The quantitative estimate of drug-likeness (QED) is 0.896. The number of rotatable bonds is 4. The van der Waals surface area contributed by atoms with Gasteiger partial charge in [0, 0.05) is 30.9 Å². The molecule has 0 radical (unpaired) electrons. The van der Waals surface area contributed by atoms with E-state index in [0.717, 1.165) is 37.5 Å². The van der Waals surface area contributed by atoms with E-state index >= 15 is 0 Å². The summed E-state index contributed by atoms with van der Waals surface area (Å²) in [5, 5.41) is 13.3. The molecule has 0 aromatic heterocycles. The van der Waals surface area contributed by atoms with Crippen LogP contribution >= 0.6 is 0 Å². The first kappa shape index (κ1) is 16.3. The summed E-state index contributed by atoms with van der Waals surface area (Å²) in [6, 6.07) is 7.79. The van der Waals surface area contributed by atoms with Crippen molar-refractivity contribution in [3.63, 3.8) is 0 Å². The monoisotopic (exact) mass is 316 g/mol. The molecule has 2 fully saturated rings. The summed E-state index contributed by atoms with van der Waals surface area (Å²) in [5.41, 5.74) is 1.74. The van der Waals surface area contributed by atoms with Crippen LogP contribution in [0.5, 0.6) is 0 Å². The third-order valence-electron chi connectivity index (χ3n) is 5.11. The van der Waals surface area contributed by atoms with Crippen molar-refractivity contribution in [3.8, 4) is 0 Å². The second-order valence-electron chi connectivity index (χ2n) is 7.01. The van der Waals surface area contributed by atoms with Gasteiger partial charge in [-0.05, 0) is 49.8 Å². The Hall–Kier alpha value is -1.55. The molecule has 23 heavy (non-hydrogen) atoms. The molecule has 2 aliphatic rings. The molecule has 4 nitrogen and oxygen atoms in total. The van der Waals surface area contributed by atoms with E-state index in [2.05, 4.69) is 5.32 Å². The molecule has 0 spiro atoms. The molecule has 1 saturated carbocycles. The van der Waals surface area contributed by atoms with Gasteiger partial charge in [-0.25, -0.2) is 0 Å². The summed E-state index contributed by atoms with van der Waals surface area (Å²) >= 11 is 0. The average molecular weight is 316 g/mol. The van der Waals surface area contributed by atoms with Gasteiger partial charge in [0.25, 0.3) is 5.91 Å². The fourth-order valence-corrected chi connectivity index (χ4v) is 3.74. The third-order valence-corrected chi connectivity index (χ3v) is 5.11. The smallest absolute Gasteiger partial charge is 0.254 e. The molecule has 1 aromatic carbocycles. The molecule has 2 N–H and O–H groups in total. The maximum Gasteiger partial charge on any atom is 0.254 e. The SMILES string of the molecule is O=C(c1cccc(NCC2CCCCC2)c1)N1CCCC(O)C1. The lowest BCUT2D eigenvalue weighted by Crippen LogP contribution is -2.42. The van der Waals surface area contributed by atoms with Gasteiger partial charge in [-0.15, -0.1) is 0 Å². The van der Waals surface area contributed by atoms with E-state index in [-0.39, 0.29) is 12.0 Å². The number of nitrogens with zero attached hydrogens (tertiary/aromatic N) is 1. The number of aliphatic hydroxyl groups excluding tert-OH is 1. The number of piperidine rings is 1. The second kappa shape index (κ2) is 7.82. The number of amides is 1. The zero-order valence-electron chi connectivity index (χ0n) is 13.8. The topological polar surface area (TPSA) is 52.6 Å². The molecule has 1 aliphatic carbocycles. The number of carbonyl (C=O) groups is 1. The number of benzene rings is 1. The molecule has 0 bridgehead atoms. The van der Waals surface area contributed by atoms with Crippen molar-refractivity contribution in [1.29, 1.82) is 0 Å². The summed E-state index contributed by atoms with van der Waals surface area (Å²) < 4.78 is 0. The highest BCUT2D eigenvalue weighted by Crippen LogP contribution is 2.24. The number of aliphatic hydroxyl groups is 1. The Kier molecular flexibility index (Phi) is 5.55. The van der Waals surface area contributed by atoms with Crippen molar-refractivity contribution in [2.75, 3.05) is 25.0 Å². The molecule has 1 atom stereocenters. The van der Waals surface area contributed by atoms with E-state index in [1.54, 1.807) is 4.90 Å². The second-order valence-corrected chi connectivity index (χ2v) is 7.01. The first-order valence-corrected chi connectivity index (χ1v) is 9.03. The Morgan fingerprint density at radius 3 is 2.78 bits per heavy atom. The first-order chi connectivity index (χ1) is 11.2. The van der Waals surface area contributed by atoms with Gasteiger partial charge < -0.3 is 15.3 Å². The summed E-state index contributed by atoms with van der Waals surface area (Å²) in [5.74, 6) is 0.797. The highest BCUT2D eigenvalue weighted by Gasteiger charge is 2.23. The molecule has 1 unspecified atom stereocenters. The fourth-order valence-electron chi connectivity index (χ4n) is 3.74. The van der Waals surface area contributed by atoms with Gasteiger partial charge in [0.2, 0.25) is 0 Å². The van der Waals surface area contributed by atoms with Crippen molar-refractivity contribution in [2.45, 2.75) is 51.0 Å². The fraction of sp³-hybridized carbons (Fsp3) is 0.632. The van der Waals surface area contributed by atoms with Crippen LogP contribution in [0.25, 0.3) is 0 Å². The number of carbonyl (C=O) groups excluding carboxylic acids is 1. The van der Waals surface area contributed by atoms with Crippen LogP contribution in [0, 0.1) is 5.92 Å². The molecule has 1 aromatic rings. The minimum Gasteiger partial charge on any atom is -0.391 e. The lowest BCUT2D eigenvalue weighted by molar-refractivity contribution is 0.0474. The largest absolute Gasteiger partial charge is 0.391 e.